The molecule has 0 aliphatic carbocycles. The number of nitrogens with zero attached hydrogens (tertiary/aromatic N) is 1. The largest absolute Gasteiger partial charge is 0.480 e. The highest BCUT2D eigenvalue weighted by atomic mass is 16.4. The standard InChI is InChI=1S/C15H20N2O2/c16-14(15(18)19)10-12-5-4-6-13(9-12)11-17-7-2-1-3-8-17/h1-2,4-6,9,14H,3,7-8,10-11,16H2,(H,18,19). The van der Waals surface area contributed by atoms with Gasteiger partial charge in [-0.25, -0.2) is 0 Å². The fourth-order valence-corrected chi connectivity index (χ4v) is 2.29. The summed E-state index contributed by atoms with van der Waals surface area (Å²) in [4.78, 5) is 13.1. The van der Waals surface area contributed by atoms with Crippen LogP contribution in [0, 0.1) is 0 Å². The van der Waals surface area contributed by atoms with Gasteiger partial charge in [0.2, 0.25) is 0 Å². The first-order valence-corrected chi connectivity index (χ1v) is 6.58. The highest BCUT2D eigenvalue weighted by molar-refractivity contribution is 5.73. The quantitative estimate of drug-likeness (QED) is 0.785. The van der Waals surface area contributed by atoms with E-state index in [-0.39, 0.29) is 0 Å². The smallest absolute Gasteiger partial charge is 0.320 e. The maximum atomic E-state index is 10.8. The van der Waals surface area contributed by atoms with Gasteiger partial charge in [0.25, 0.3) is 0 Å². The molecule has 3 N–H and O–H groups in total. The molecule has 1 unspecified atom stereocenters. The molecule has 0 spiro atoms. The van der Waals surface area contributed by atoms with Crippen molar-refractivity contribution in [2.45, 2.75) is 25.4 Å². The van der Waals surface area contributed by atoms with Gasteiger partial charge in [-0.3, -0.25) is 9.69 Å². The molecule has 1 aromatic rings. The van der Waals surface area contributed by atoms with Gasteiger partial charge in [-0.05, 0) is 24.0 Å². The van der Waals surface area contributed by atoms with E-state index < -0.39 is 12.0 Å². The number of carbonyl (C=O) groups is 1. The molecule has 4 nitrogen and oxygen atoms in total. The first-order chi connectivity index (χ1) is 9.15. The average Bonchev–Trinajstić information content (AvgIpc) is 2.40. The molecule has 0 fully saturated rings. The normalized spacial score (nSPS) is 17.3. The lowest BCUT2D eigenvalue weighted by atomic mass is 10.0. The van der Waals surface area contributed by atoms with Crippen LogP contribution in [0.25, 0.3) is 0 Å². The van der Waals surface area contributed by atoms with Crippen LogP contribution in [0.5, 0.6) is 0 Å². The molecule has 0 amide bonds. The van der Waals surface area contributed by atoms with Gasteiger partial charge in [0.1, 0.15) is 6.04 Å². The minimum Gasteiger partial charge on any atom is -0.480 e. The van der Waals surface area contributed by atoms with E-state index >= 15 is 0 Å². The first kappa shape index (κ1) is 13.8. The van der Waals surface area contributed by atoms with Crippen LogP contribution in [-0.4, -0.2) is 35.1 Å². The highest BCUT2D eigenvalue weighted by Gasteiger charge is 2.13. The summed E-state index contributed by atoms with van der Waals surface area (Å²) >= 11 is 0. The summed E-state index contributed by atoms with van der Waals surface area (Å²) in [6.07, 6.45) is 5.87. The topological polar surface area (TPSA) is 66.6 Å². The second kappa shape index (κ2) is 6.50. The van der Waals surface area contributed by atoms with Gasteiger partial charge in [-0.2, -0.15) is 0 Å². The van der Waals surface area contributed by atoms with Gasteiger partial charge in [-0.15, -0.1) is 0 Å². The van der Waals surface area contributed by atoms with Crippen molar-refractivity contribution in [2.75, 3.05) is 13.1 Å². The van der Waals surface area contributed by atoms with E-state index in [0.717, 1.165) is 31.6 Å². The molecule has 4 heteroatoms. The molecule has 0 saturated carbocycles. The maximum absolute atomic E-state index is 10.8. The summed E-state index contributed by atoms with van der Waals surface area (Å²) in [6.45, 7) is 2.97. The van der Waals surface area contributed by atoms with Gasteiger partial charge in [-0.1, -0.05) is 36.4 Å². The zero-order valence-corrected chi connectivity index (χ0v) is 11.0. The van der Waals surface area contributed by atoms with Gasteiger partial charge in [0.15, 0.2) is 0 Å². The van der Waals surface area contributed by atoms with Crippen LogP contribution >= 0.6 is 0 Å². The average molecular weight is 260 g/mol. The Morgan fingerprint density at radius 2 is 2.16 bits per heavy atom. The molecule has 1 aliphatic heterocycles. The summed E-state index contributed by atoms with van der Waals surface area (Å²) in [6, 6.07) is 7.21. The number of aliphatic carboxylic acids is 1. The fourth-order valence-electron chi connectivity index (χ4n) is 2.29. The lowest BCUT2D eigenvalue weighted by Crippen LogP contribution is -2.32. The molecule has 2 rings (SSSR count). The van der Waals surface area contributed by atoms with Gasteiger partial charge < -0.3 is 10.8 Å². The maximum Gasteiger partial charge on any atom is 0.320 e. The zero-order valence-electron chi connectivity index (χ0n) is 11.0. The second-order valence-corrected chi connectivity index (χ2v) is 4.96. The van der Waals surface area contributed by atoms with Crippen LogP contribution in [0.3, 0.4) is 0 Å². The number of carboxylic acid groups (broad SMARTS) is 1. The Morgan fingerprint density at radius 3 is 2.84 bits per heavy atom. The summed E-state index contributed by atoms with van der Waals surface area (Å²) in [5.74, 6) is -0.952. The molecular formula is C15H20N2O2. The summed E-state index contributed by atoms with van der Waals surface area (Å²) < 4.78 is 0. The Kier molecular flexibility index (Phi) is 4.71. The molecule has 0 bridgehead atoms. The number of carboxylic acids is 1. The predicted octanol–water partition coefficient (Wildman–Crippen LogP) is 1.40. The molecule has 1 aliphatic rings. The molecule has 0 saturated heterocycles. The highest BCUT2D eigenvalue weighted by Crippen LogP contribution is 2.12. The first-order valence-electron chi connectivity index (χ1n) is 6.58. The number of hydrogen-bond donors (Lipinski definition) is 2. The number of hydrogen-bond acceptors (Lipinski definition) is 3. The Bertz CT molecular complexity index is 471. The van der Waals surface area contributed by atoms with Gasteiger partial charge >= 0.3 is 5.97 Å². The van der Waals surface area contributed by atoms with E-state index in [4.69, 9.17) is 10.8 Å². The third kappa shape index (κ3) is 4.19. The van der Waals surface area contributed by atoms with Crippen molar-refractivity contribution in [1.82, 2.24) is 4.90 Å². The van der Waals surface area contributed by atoms with Crippen LogP contribution in [0.15, 0.2) is 36.4 Å². The summed E-state index contributed by atoms with van der Waals surface area (Å²) in [7, 11) is 0. The van der Waals surface area contributed by atoms with E-state index in [0.29, 0.717) is 6.42 Å². The van der Waals surface area contributed by atoms with Crippen LogP contribution < -0.4 is 5.73 Å². The number of benzene rings is 1. The lowest BCUT2D eigenvalue weighted by Gasteiger charge is -2.23. The van der Waals surface area contributed by atoms with Crippen molar-refractivity contribution in [3.8, 4) is 0 Å². The van der Waals surface area contributed by atoms with Crippen LogP contribution in [0.1, 0.15) is 17.5 Å². The molecule has 19 heavy (non-hydrogen) atoms. The number of nitrogens with two attached hydrogens (primary N) is 1. The lowest BCUT2D eigenvalue weighted by molar-refractivity contribution is -0.138. The van der Waals surface area contributed by atoms with Gasteiger partial charge in [0.05, 0.1) is 0 Å². The van der Waals surface area contributed by atoms with Crippen LogP contribution in [0.4, 0.5) is 0 Å². The predicted molar refractivity (Wildman–Crippen MR) is 74.8 cm³/mol. The Balaban J connectivity index is 1.98. The molecule has 0 radical (unpaired) electrons. The molecule has 102 valence electrons. The Morgan fingerprint density at radius 1 is 1.37 bits per heavy atom. The van der Waals surface area contributed by atoms with E-state index in [1.54, 1.807) is 0 Å². The van der Waals surface area contributed by atoms with Crippen molar-refractivity contribution in [2.24, 2.45) is 5.73 Å². The molecule has 1 aromatic carbocycles. The Hall–Kier alpha value is -1.65. The van der Waals surface area contributed by atoms with E-state index in [1.165, 1.54) is 5.56 Å². The van der Waals surface area contributed by atoms with E-state index in [1.807, 2.05) is 12.1 Å². The zero-order chi connectivity index (χ0) is 13.7. The van der Waals surface area contributed by atoms with Crippen molar-refractivity contribution >= 4 is 5.97 Å². The van der Waals surface area contributed by atoms with Gasteiger partial charge in [0, 0.05) is 19.6 Å². The van der Waals surface area contributed by atoms with Crippen molar-refractivity contribution in [3.63, 3.8) is 0 Å². The molecule has 0 aromatic heterocycles. The fraction of sp³-hybridized carbons (Fsp3) is 0.400. The van der Waals surface area contributed by atoms with Crippen molar-refractivity contribution < 1.29 is 9.90 Å². The monoisotopic (exact) mass is 260 g/mol. The minimum atomic E-state index is -0.952. The molecule has 1 heterocycles. The second-order valence-electron chi connectivity index (χ2n) is 4.96. The molecule has 1 atom stereocenters. The van der Waals surface area contributed by atoms with E-state index in [2.05, 4.69) is 29.2 Å². The van der Waals surface area contributed by atoms with E-state index in [9.17, 15) is 4.79 Å². The third-order valence-electron chi connectivity index (χ3n) is 3.31. The van der Waals surface area contributed by atoms with Crippen LogP contribution in [0.2, 0.25) is 0 Å². The SMILES string of the molecule is NC(Cc1cccc(CN2CC=CCC2)c1)C(=O)O. The number of rotatable bonds is 5. The third-order valence-corrected chi connectivity index (χ3v) is 3.31. The Labute approximate surface area is 113 Å². The van der Waals surface area contributed by atoms with Crippen molar-refractivity contribution in [1.29, 1.82) is 0 Å². The summed E-state index contributed by atoms with van der Waals surface area (Å²) in [5.41, 5.74) is 7.76. The van der Waals surface area contributed by atoms with Crippen LogP contribution in [-0.2, 0) is 17.8 Å². The molecular weight excluding hydrogens is 240 g/mol. The van der Waals surface area contributed by atoms with Crippen molar-refractivity contribution in [3.05, 3.63) is 47.5 Å². The summed E-state index contributed by atoms with van der Waals surface area (Å²) in [5, 5.41) is 8.83. The minimum absolute atomic E-state index is 0.378.